The van der Waals surface area contributed by atoms with Gasteiger partial charge in [-0.1, -0.05) is 0 Å². The number of hydrogen-bond acceptors (Lipinski definition) is 5. The van der Waals surface area contributed by atoms with Gasteiger partial charge < -0.3 is 0 Å². The first-order valence-corrected chi connectivity index (χ1v) is 6.01. The van der Waals surface area contributed by atoms with Gasteiger partial charge in [0.25, 0.3) is 5.91 Å². The van der Waals surface area contributed by atoms with Gasteiger partial charge in [-0.05, 0) is 13.8 Å². The molecule has 2 heterocycles. The molecule has 0 saturated carbocycles. The van der Waals surface area contributed by atoms with Crippen molar-refractivity contribution in [1.29, 1.82) is 0 Å². The molecule has 1 amide bonds. The molecule has 15 heavy (non-hydrogen) atoms. The third kappa shape index (κ3) is 2.21. The van der Waals surface area contributed by atoms with Gasteiger partial charge in [0, 0.05) is 16.5 Å². The Balaban J connectivity index is 2.13. The van der Waals surface area contributed by atoms with Gasteiger partial charge in [0.1, 0.15) is 0 Å². The summed E-state index contributed by atoms with van der Waals surface area (Å²) in [6, 6.07) is 0. The maximum Gasteiger partial charge on any atom is 0.286 e. The molecule has 2 aromatic rings. The van der Waals surface area contributed by atoms with E-state index in [-0.39, 0.29) is 5.91 Å². The van der Waals surface area contributed by atoms with E-state index in [0.29, 0.717) is 10.1 Å². The zero-order valence-corrected chi connectivity index (χ0v) is 9.91. The minimum absolute atomic E-state index is 0.196. The highest BCUT2D eigenvalue weighted by Crippen LogP contribution is 2.21. The fourth-order valence-electron chi connectivity index (χ4n) is 1.01. The van der Waals surface area contributed by atoms with E-state index < -0.39 is 0 Å². The van der Waals surface area contributed by atoms with Crippen LogP contribution in [0.4, 0.5) is 5.13 Å². The molecule has 2 rings (SSSR count). The smallest absolute Gasteiger partial charge is 0.286 e. The summed E-state index contributed by atoms with van der Waals surface area (Å²) < 4.78 is 0. The van der Waals surface area contributed by atoms with E-state index >= 15 is 0 Å². The van der Waals surface area contributed by atoms with Crippen LogP contribution >= 0.6 is 22.7 Å². The second kappa shape index (κ2) is 4.08. The quantitative estimate of drug-likeness (QED) is 0.875. The van der Waals surface area contributed by atoms with Gasteiger partial charge >= 0.3 is 0 Å². The third-order valence-corrected chi connectivity index (χ3v) is 3.64. The fraction of sp³-hybridized carbons (Fsp3) is 0.222. The van der Waals surface area contributed by atoms with Crippen LogP contribution < -0.4 is 5.32 Å². The normalized spacial score (nSPS) is 10.3. The second-order valence-corrected chi connectivity index (χ2v) is 5.05. The zero-order valence-electron chi connectivity index (χ0n) is 8.27. The number of thiazole rings is 2. The highest BCUT2D eigenvalue weighted by Gasteiger charge is 2.11. The van der Waals surface area contributed by atoms with Crippen molar-refractivity contribution in [3.05, 3.63) is 27.2 Å². The number of nitrogens with one attached hydrogen (secondary N) is 1. The van der Waals surface area contributed by atoms with Gasteiger partial charge in [0.2, 0.25) is 0 Å². The molecule has 0 aliphatic heterocycles. The van der Waals surface area contributed by atoms with Crippen LogP contribution in [-0.2, 0) is 0 Å². The predicted molar refractivity (Wildman–Crippen MR) is 61.7 cm³/mol. The standard InChI is InChI=1S/C9H9N3OS2/c1-5-6(2)15-9(11-5)12-7(13)8-10-3-4-14-8/h3-4H,1-2H3,(H,11,12,13). The van der Waals surface area contributed by atoms with Gasteiger partial charge in [-0.3, -0.25) is 10.1 Å². The average molecular weight is 239 g/mol. The van der Waals surface area contributed by atoms with Gasteiger partial charge in [0.05, 0.1) is 5.69 Å². The molecule has 0 bridgehead atoms. The Morgan fingerprint density at radius 2 is 2.27 bits per heavy atom. The third-order valence-electron chi connectivity index (χ3n) is 1.88. The Kier molecular flexibility index (Phi) is 2.79. The molecular weight excluding hydrogens is 230 g/mol. The number of nitrogens with zero attached hydrogens (tertiary/aromatic N) is 2. The number of carbonyl (C=O) groups excluding carboxylic acids is 1. The van der Waals surface area contributed by atoms with Crippen molar-refractivity contribution in [2.45, 2.75) is 13.8 Å². The summed E-state index contributed by atoms with van der Waals surface area (Å²) >= 11 is 2.79. The van der Waals surface area contributed by atoms with Crippen LogP contribution in [0.2, 0.25) is 0 Å². The molecule has 78 valence electrons. The fourth-order valence-corrected chi connectivity index (χ4v) is 2.35. The number of carbonyl (C=O) groups is 1. The molecule has 0 radical (unpaired) electrons. The van der Waals surface area contributed by atoms with Crippen molar-refractivity contribution in [1.82, 2.24) is 9.97 Å². The van der Waals surface area contributed by atoms with Crippen molar-refractivity contribution < 1.29 is 4.79 Å². The molecule has 6 heteroatoms. The summed E-state index contributed by atoms with van der Waals surface area (Å²) in [5, 5.41) is 5.58. The molecule has 0 saturated heterocycles. The summed E-state index contributed by atoms with van der Waals surface area (Å²) in [6.45, 7) is 3.90. The van der Waals surface area contributed by atoms with E-state index in [1.165, 1.54) is 22.7 Å². The van der Waals surface area contributed by atoms with Crippen molar-refractivity contribution in [3.8, 4) is 0 Å². The van der Waals surface area contributed by atoms with Crippen LogP contribution in [0.3, 0.4) is 0 Å². The van der Waals surface area contributed by atoms with E-state index in [2.05, 4.69) is 15.3 Å². The molecular formula is C9H9N3OS2. The van der Waals surface area contributed by atoms with E-state index in [4.69, 9.17) is 0 Å². The lowest BCUT2D eigenvalue weighted by Crippen LogP contribution is -2.10. The van der Waals surface area contributed by atoms with Gasteiger partial charge in [0.15, 0.2) is 10.1 Å². The molecule has 0 aliphatic carbocycles. The molecule has 4 nitrogen and oxygen atoms in total. The maximum absolute atomic E-state index is 11.6. The molecule has 0 unspecified atom stereocenters. The summed E-state index contributed by atoms with van der Waals surface area (Å²) in [6.07, 6.45) is 1.61. The number of amides is 1. The molecule has 2 aromatic heterocycles. The van der Waals surface area contributed by atoms with Crippen LogP contribution in [0.1, 0.15) is 20.4 Å². The highest BCUT2D eigenvalue weighted by atomic mass is 32.1. The number of hydrogen-bond donors (Lipinski definition) is 1. The van der Waals surface area contributed by atoms with Crippen LogP contribution in [0.5, 0.6) is 0 Å². The Bertz CT molecular complexity index is 456. The lowest BCUT2D eigenvalue weighted by molar-refractivity contribution is 0.102. The maximum atomic E-state index is 11.6. The van der Waals surface area contributed by atoms with E-state index in [0.717, 1.165) is 10.6 Å². The number of aromatic nitrogens is 2. The van der Waals surface area contributed by atoms with Gasteiger partial charge in [-0.15, -0.1) is 22.7 Å². The minimum Gasteiger partial charge on any atom is -0.296 e. The van der Waals surface area contributed by atoms with Crippen LogP contribution in [0, 0.1) is 13.8 Å². The van der Waals surface area contributed by atoms with Crippen molar-refractivity contribution >= 4 is 33.7 Å². The Hall–Kier alpha value is -1.27. The first-order chi connectivity index (χ1) is 7.16. The molecule has 0 atom stereocenters. The summed E-state index contributed by atoms with van der Waals surface area (Å²) in [5.74, 6) is -0.196. The Morgan fingerprint density at radius 1 is 1.47 bits per heavy atom. The SMILES string of the molecule is Cc1nc(NC(=O)c2nccs2)sc1C. The first-order valence-electron chi connectivity index (χ1n) is 4.31. The molecule has 0 fully saturated rings. The molecule has 0 aromatic carbocycles. The van der Waals surface area contributed by atoms with Crippen molar-refractivity contribution in [2.24, 2.45) is 0 Å². The minimum atomic E-state index is -0.196. The number of rotatable bonds is 2. The average Bonchev–Trinajstić information content (AvgIpc) is 2.77. The van der Waals surface area contributed by atoms with Crippen molar-refractivity contribution in [2.75, 3.05) is 5.32 Å². The largest absolute Gasteiger partial charge is 0.296 e. The monoisotopic (exact) mass is 239 g/mol. The van der Waals surface area contributed by atoms with E-state index in [1.807, 2.05) is 13.8 Å². The Labute approximate surface area is 95.0 Å². The molecule has 1 N–H and O–H groups in total. The summed E-state index contributed by atoms with van der Waals surface area (Å²) in [4.78, 5) is 20.9. The summed E-state index contributed by atoms with van der Waals surface area (Å²) in [5.41, 5.74) is 0.953. The summed E-state index contributed by atoms with van der Waals surface area (Å²) in [7, 11) is 0. The highest BCUT2D eigenvalue weighted by molar-refractivity contribution is 7.16. The van der Waals surface area contributed by atoms with Gasteiger partial charge in [-0.2, -0.15) is 0 Å². The first kappa shape index (κ1) is 10.3. The lowest BCUT2D eigenvalue weighted by Gasteiger charge is -1.95. The van der Waals surface area contributed by atoms with Gasteiger partial charge in [-0.25, -0.2) is 9.97 Å². The number of aryl methyl sites for hydroxylation is 2. The molecule has 0 aliphatic rings. The van der Waals surface area contributed by atoms with Crippen LogP contribution in [0.15, 0.2) is 11.6 Å². The zero-order chi connectivity index (χ0) is 10.8. The second-order valence-electron chi connectivity index (χ2n) is 2.95. The van der Waals surface area contributed by atoms with Crippen LogP contribution in [-0.4, -0.2) is 15.9 Å². The van der Waals surface area contributed by atoms with Crippen LogP contribution in [0.25, 0.3) is 0 Å². The lowest BCUT2D eigenvalue weighted by atomic mass is 10.4. The molecule has 0 spiro atoms. The van der Waals surface area contributed by atoms with E-state index in [9.17, 15) is 4.79 Å². The predicted octanol–water partition coefficient (Wildman–Crippen LogP) is 2.47. The number of anilines is 1. The van der Waals surface area contributed by atoms with Crippen molar-refractivity contribution in [3.63, 3.8) is 0 Å². The topological polar surface area (TPSA) is 54.9 Å². The van der Waals surface area contributed by atoms with E-state index in [1.54, 1.807) is 11.6 Å². The Morgan fingerprint density at radius 3 is 2.80 bits per heavy atom.